The summed E-state index contributed by atoms with van der Waals surface area (Å²) in [7, 11) is 1.30. The summed E-state index contributed by atoms with van der Waals surface area (Å²) in [6.45, 7) is -0.181. The molecule has 0 aliphatic carbocycles. The minimum Gasteiger partial charge on any atom is -0.482 e. The molecular weight excluding hydrogens is 514 g/mol. The van der Waals surface area contributed by atoms with E-state index >= 15 is 0 Å². The Labute approximate surface area is 207 Å². The van der Waals surface area contributed by atoms with E-state index in [0.717, 1.165) is 15.4 Å². The fourth-order valence-electron chi connectivity index (χ4n) is 3.49. The number of furan rings is 1. The minimum atomic E-state index is -0.468. The predicted octanol–water partition coefficient (Wildman–Crippen LogP) is 5.01. The molecule has 8 nitrogen and oxygen atoms in total. The van der Waals surface area contributed by atoms with Gasteiger partial charge >= 0.3 is 5.97 Å². The summed E-state index contributed by atoms with van der Waals surface area (Å²) in [5.74, 6) is 0.746. The highest BCUT2D eigenvalue weighted by molar-refractivity contribution is 9.10. The van der Waals surface area contributed by atoms with E-state index in [1.807, 2.05) is 30.3 Å². The number of benzene rings is 3. The second kappa shape index (κ2) is 9.55. The summed E-state index contributed by atoms with van der Waals surface area (Å²) in [6, 6.07) is 21.5. The van der Waals surface area contributed by atoms with Gasteiger partial charge in [-0.3, -0.25) is 4.79 Å². The predicted molar refractivity (Wildman–Crippen MR) is 136 cm³/mol. The lowest BCUT2D eigenvalue weighted by atomic mass is 10.2. The van der Waals surface area contributed by atoms with Gasteiger partial charge in [-0.25, -0.2) is 9.78 Å². The number of nitrogens with zero attached hydrogens (tertiary/aromatic N) is 3. The molecule has 2 aromatic heterocycles. The Balaban J connectivity index is 1.54. The number of halogens is 1. The smallest absolute Gasteiger partial charge is 0.343 e. The molecule has 3 aromatic carbocycles. The number of carbonyl (C=O) groups is 1. The first-order valence-corrected chi connectivity index (χ1v) is 11.4. The van der Waals surface area contributed by atoms with E-state index in [9.17, 15) is 9.59 Å². The number of hydrogen-bond acceptors (Lipinski definition) is 7. The van der Waals surface area contributed by atoms with Crippen LogP contribution in [0.25, 0.3) is 33.5 Å². The van der Waals surface area contributed by atoms with Crippen LogP contribution in [0.3, 0.4) is 0 Å². The molecule has 9 heteroatoms. The van der Waals surface area contributed by atoms with Gasteiger partial charge in [0.15, 0.2) is 12.4 Å². The van der Waals surface area contributed by atoms with E-state index in [-0.39, 0.29) is 18.0 Å². The molecule has 0 atom stereocenters. The molecule has 2 heterocycles. The largest absolute Gasteiger partial charge is 0.482 e. The van der Waals surface area contributed by atoms with Crippen LogP contribution in [0.2, 0.25) is 0 Å². The molecule has 0 aliphatic rings. The van der Waals surface area contributed by atoms with Crippen molar-refractivity contribution in [2.45, 2.75) is 0 Å². The van der Waals surface area contributed by atoms with Gasteiger partial charge in [-0.05, 0) is 66.2 Å². The van der Waals surface area contributed by atoms with E-state index in [1.54, 1.807) is 48.7 Å². The molecule has 0 N–H and O–H groups in total. The number of para-hydroxylation sites is 1. The summed E-state index contributed by atoms with van der Waals surface area (Å²) in [5.41, 5.74) is 1.62. The molecule has 0 saturated carbocycles. The van der Waals surface area contributed by atoms with Crippen LogP contribution < -0.4 is 10.3 Å². The van der Waals surface area contributed by atoms with Crippen LogP contribution in [0.4, 0.5) is 0 Å². The van der Waals surface area contributed by atoms with E-state index in [1.165, 1.54) is 11.8 Å². The summed E-state index contributed by atoms with van der Waals surface area (Å²) >= 11 is 3.46. The number of hydrogen-bond donors (Lipinski definition) is 0. The molecule has 0 saturated heterocycles. The molecule has 5 rings (SSSR count). The summed E-state index contributed by atoms with van der Waals surface area (Å²) in [5, 5.41) is 5.75. The Morgan fingerprint density at radius 1 is 1.11 bits per heavy atom. The highest BCUT2D eigenvalue weighted by Gasteiger charge is 2.16. The molecule has 35 heavy (non-hydrogen) atoms. The third-order valence-electron chi connectivity index (χ3n) is 5.24. The summed E-state index contributed by atoms with van der Waals surface area (Å²) < 4.78 is 18.1. The third-order valence-corrected chi connectivity index (χ3v) is 5.73. The molecule has 0 amide bonds. The Morgan fingerprint density at radius 2 is 1.91 bits per heavy atom. The van der Waals surface area contributed by atoms with E-state index in [4.69, 9.17) is 9.15 Å². The van der Waals surface area contributed by atoms with Gasteiger partial charge in [0.2, 0.25) is 5.82 Å². The number of ether oxygens (including phenoxy) is 2. The zero-order valence-electron chi connectivity index (χ0n) is 18.5. The number of carbonyl (C=O) groups excluding carboxylic acids is 1. The number of rotatable bonds is 6. The van der Waals surface area contributed by atoms with Crippen molar-refractivity contribution >= 4 is 50.0 Å². The van der Waals surface area contributed by atoms with Gasteiger partial charge in [0, 0.05) is 9.86 Å². The Bertz CT molecular complexity index is 1640. The molecule has 174 valence electrons. The van der Waals surface area contributed by atoms with Crippen molar-refractivity contribution in [2.24, 2.45) is 5.10 Å². The van der Waals surface area contributed by atoms with Crippen molar-refractivity contribution in [1.29, 1.82) is 0 Å². The van der Waals surface area contributed by atoms with E-state index in [0.29, 0.717) is 28.0 Å². The van der Waals surface area contributed by atoms with Gasteiger partial charge in [-0.1, -0.05) is 28.1 Å². The maximum Gasteiger partial charge on any atom is 0.343 e. The molecule has 0 bridgehead atoms. The second-order valence-corrected chi connectivity index (χ2v) is 8.46. The fourth-order valence-corrected chi connectivity index (χ4v) is 3.87. The highest BCUT2D eigenvalue weighted by atomic mass is 79.9. The van der Waals surface area contributed by atoms with Crippen LogP contribution in [-0.4, -0.2) is 35.6 Å². The molecule has 5 aromatic rings. The summed E-state index contributed by atoms with van der Waals surface area (Å²) in [4.78, 5) is 29.3. The lowest BCUT2D eigenvalue weighted by molar-refractivity contribution is -0.142. The van der Waals surface area contributed by atoms with E-state index in [2.05, 4.69) is 30.8 Å². The number of esters is 1. The number of methoxy groups -OCH3 is 1. The average Bonchev–Trinajstić information content (AvgIpc) is 3.30. The first-order chi connectivity index (χ1) is 17.0. The fraction of sp³-hybridized carbons (Fsp3) is 0.0769. The Hall–Kier alpha value is -4.24. The topological polar surface area (TPSA) is 95.9 Å². The van der Waals surface area contributed by atoms with Gasteiger partial charge < -0.3 is 13.9 Å². The van der Waals surface area contributed by atoms with Crippen LogP contribution >= 0.6 is 15.9 Å². The summed E-state index contributed by atoms with van der Waals surface area (Å²) in [6.07, 6.45) is 1.55. The van der Waals surface area contributed by atoms with Crippen molar-refractivity contribution in [2.75, 3.05) is 13.7 Å². The number of fused-ring (bicyclic) bond motifs is 2. The SMILES string of the molecule is COC(=O)COc1ccc(C=Nn2c(-c3cc4cc(Br)ccc4o3)nc3ccccc3c2=O)cc1. The monoisotopic (exact) mass is 531 g/mol. The van der Waals surface area contributed by atoms with Crippen molar-refractivity contribution < 1.29 is 18.7 Å². The zero-order valence-corrected chi connectivity index (χ0v) is 20.1. The molecule has 0 fully saturated rings. The van der Waals surface area contributed by atoms with Crippen molar-refractivity contribution in [3.63, 3.8) is 0 Å². The minimum absolute atomic E-state index is 0.181. The highest BCUT2D eigenvalue weighted by Crippen LogP contribution is 2.29. The van der Waals surface area contributed by atoms with Crippen molar-refractivity contribution in [1.82, 2.24) is 9.66 Å². The Kier molecular flexibility index (Phi) is 6.15. The first kappa shape index (κ1) is 22.5. The quantitative estimate of drug-likeness (QED) is 0.226. The molecule has 0 radical (unpaired) electrons. The van der Waals surface area contributed by atoms with Crippen LogP contribution in [0.15, 0.2) is 91.6 Å². The van der Waals surface area contributed by atoms with Crippen LogP contribution in [0.5, 0.6) is 5.75 Å². The van der Waals surface area contributed by atoms with Gasteiger partial charge in [0.25, 0.3) is 5.56 Å². The lowest BCUT2D eigenvalue weighted by Gasteiger charge is -2.07. The Morgan fingerprint density at radius 3 is 2.71 bits per heavy atom. The first-order valence-electron chi connectivity index (χ1n) is 10.6. The van der Waals surface area contributed by atoms with Crippen LogP contribution in [-0.2, 0) is 9.53 Å². The van der Waals surface area contributed by atoms with Gasteiger partial charge in [0.05, 0.1) is 24.2 Å². The molecule has 0 aliphatic heterocycles. The molecule has 0 spiro atoms. The molecular formula is C26H18BrN3O5. The molecule has 0 unspecified atom stereocenters. The third kappa shape index (κ3) is 4.71. The van der Waals surface area contributed by atoms with Crippen molar-refractivity contribution in [3.8, 4) is 17.3 Å². The maximum atomic E-state index is 13.3. The van der Waals surface area contributed by atoms with E-state index < -0.39 is 5.97 Å². The van der Waals surface area contributed by atoms with Gasteiger partial charge in [-0.15, -0.1) is 0 Å². The average molecular weight is 532 g/mol. The second-order valence-electron chi connectivity index (χ2n) is 7.54. The van der Waals surface area contributed by atoms with Crippen LogP contribution in [0.1, 0.15) is 5.56 Å². The number of aromatic nitrogens is 2. The standard InChI is InChI=1S/C26H18BrN3O5/c1-33-24(31)15-34-19-9-6-16(7-10-19)14-28-30-25(29-21-5-3-2-4-20(21)26(30)32)23-13-17-12-18(27)8-11-22(17)35-23/h2-14H,15H2,1H3. The van der Waals surface area contributed by atoms with Gasteiger partial charge in [0.1, 0.15) is 11.3 Å². The normalized spacial score (nSPS) is 11.4. The van der Waals surface area contributed by atoms with Gasteiger partial charge in [-0.2, -0.15) is 9.78 Å². The maximum absolute atomic E-state index is 13.3. The van der Waals surface area contributed by atoms with Crippen molar-refractivity contribution in [3.05, 3.63) is 93.2 Å². The van der Waals surface area contributed by atoms with Crippen LogP contribution in [0, 0.1) is 0 Å². The zero-order chi connectivity index (χ0) is 24.4. The lowest BCUT2D eigenvalue weighted by Crippen LogP contribution is -2.20.